The molecule has 1 aromatic rings. The zero-order valence-corrected chi connectivity index (χ0v) is 22.9. The molecule has 3 rings (SSSR count). The Kier molecular flexibility index (Phi) is 9.74. The van der Waals surface area contributed by atoms with Crippen LogP contribution in [0.4, 0.5) is 18.9 Å². The van der Waals surface area contributed by atoms with Crippen LogP contribution < -0.4 is 9.03 Å². The van der Waals surface area contributed by atoms with Crippen LogP contribution in [-0.2, 0) is 37.4 Å². The van der Waals surface area contributed by atoms with Crippen LogP contribution in [0.25, 0.3) is 0 Å². The molecule has 206 valence electrons. The number of amides is 1. The minimum Gasteiger partial charge on any atom is -0.342 e. The Morgan fingerprint density at radius 3 is 2.17 bits per heavy atom. The zero-order chi connectivity index (χ0) is 26.2. The third kappa shape index (κ3) is 7.05. The lowest BCUT2D eigenvalue weighted by molar-refractivity contribution is -0.137. The number of nitrogens with zero attached hydrogens (tertiary/aromatic N) is 2. The van der Waals surface area contributed by atoms with Gasteiger partial charge in [0.15, 0.2) is 0 Å². The average molecular weight is 576 g/mol. The molecule has 14 heteroatoms. The molecule has 2 fully saturated rings. The van der Waals surface area contributed by atoms with Gasteiger partial charge in [-0.05, 0) is 55.8 Å². The van der Waals surface area contributed by atoms with Gasteiger partial charge in [-0.2, -0.15) is 16.9 Å². The lowest BCUT2D eigenvalue weighted by Crippen LogP contribution is -2.50. The molecular weight excluding hydrogens is 543 g/mol. The van der Waals surface area contributed by atoms with Crippen LogP contribution in [0.2, 0.25) is 0 Å². The smallest absolute Gasteiger partial charge is 0.342 e. The highest BCUT2D eigenvalue weighted by molar-refractivity contribution is 8.09. The first-order valence-electron chi connectivity index (χ1n) is 11.5. The molecule has 1 saturated carbocycles. The summed E-state index contributed by atoms with van der Waals surface area (Å²) < 4.78 is 89.4. The van der Waals surface area contributed by atoms with Crippen molar-refractivity contribution in [1.29, 1.82) is 0 Å². The van der Waals surface area contributed by atoms with Crippen molar-refractivity contribution in [2.24, 2.45) is 5.92 Å². The number of rotatable bonds is 7. The summed E-state index contributed by atoms with van der Waals surface area (Å²) in [6, 6.07) is 2.40. The molecule has 0 radical (unpaired) electrons. The molecule has 1 aliphatic carbocycles. The van der Waals surface area contributed by atoms with E-state index in [0.29, 0.717) is 24.6 Å². The van der Waals surface area contributed by atoms with Gasteiger partial charge in [-0.25, -0.2) is 16.8 Å². The molecule has 1 saturated heterocycles. The minimum absolute atomic E-state index is 0. The van der Waals surface area contributed by atoms with Crippen molar-refractivity contribution in [3.63, 3.8) is 0 Å². The van der Waals surface area contributed by atoms with Crippen LogP contribution in [0.15, 0.2) is 18.2 Å². The van der Waals surface area contributed by atoms with E-state index in [1.54, 1.807) is 11.9 Å². The summed E-state index contributed by atoms with van der Waals surface area (Å²) in [5.74, 6) is -0.168. The minimum atomic E-state index is -4.83. The first kappa shape index (κ1) is 30.7. The number of benzene rings is 1. The van der Waals surface area contributed by atoms with Crippen molar-refractivity contribution in [3.05, 3.63) is 29.3 Å². The first-order chi connectivity index (χ1) is 16.1. The molecule has 1 aromatic carbocycles. The van der Waals surface area contributed by atoms with Gasteiger partial charge in [0.1, 0.15) is 0 Å². The van der Waals surface area contributed by atoms with Crippen LogP contribution >= 0.6 is 12.4 Å². The molecule has 0 spiro atoms. The van der Waals surface area contributed by atoms with Gasteiger partial charge in [0.2, 0.25) is 26.0 Å². The fraction of sp³-hybridized carbons (Fsp3) is 0.682. The summed E-state index contributed by atoms with van der Waals surface area (Å²) in [6.07, 6.45) is 1.75. The monoisotopic (exact) mass is 575 g/mol. The van der Waals surface area contributed by atoms with Gasteiger partial charge in [0.05, 0.1) is 30.2 Å². The predicted octanol–water partition coefficient (Wildman–Crippen LogP) is 3.16. The fourth-order valence-corrected chi connectivity index (χ4v) is 8.32. The summed E-state index contributed by atoms with van der Waals surface area (Å²) in [7, 11) is -7.38. The highest BCUT2D eigenvalue weighted by Crippen LogP contribution is 2.37. The van der Waals surface area contributed by atoms with Gasteiger partial charge >= 0.3 is 6.18 Å². The molecule has 1 aliphatic heterocycles. The van der Waals surface area contributed by atoms with Crippen molar-refractivity contribution in [3.8, 4) is 0 Å². The van der Waals surface area contributed by atoms with Gasteiger partial charge in [0, 0.05) is 19.1 Å². The van der Waals surface area contributed by atoms with Gasteiger partial charge in [-0.3, -0.25) is 4.79 Å². The maximum Gasteiger partial charge on any atom is 0.416 e. The molecule has 0 bridgehead atoms. The Morgan fingerprint density at radius 1 is 1.03 bits per heavy atom. The second-order valence-corrected chi connectivity index (χ2v) is 13.4. The summed E-state index contributed by atoms with van der Waals surface area (Å²) in [5.41, 5.74) is -2.02. The zero-order valence-electron chi connectivity index (χ0n) is 20.4. The Bertz CT molecular complexity index is 1120. The molecular formula is C22H33ClF3N3O5S2. The summed E-state index contributed by atoms with van der Waals surface area (Å²) in [4.78, 5) is 14.9. The highest BCUT2D eigenvalue weighted by Gasteiger charge is 2.38. The van der Waals surface area contributed by atoms with Crippen molar-refractivity contribution in [2.45, 2.75) is 63.2 Å². The molecule has 3 atom stereocenters. The van der Waals surface area contributed by atoms with Gasteiger partial charge in [-0.15, -0.1) is 12.4 Å². The number of hydrogen-bond donors (Lipinski definition) is 1. The Labute approximate surface area is 217 Å². The van der Waals surface area contributed by atoms with Crippen LogP contribution in [0.5, 0.6) is 0 Å². The van der Waals surface area contributed by atoms with E-state index in [9.17, 15) is 34.8 Å². The second kappa shape index (κ2) is 11.4. The van der Waals surface area contributed by atoms with E-state index in [-0.39, 0.29) is 33.6 Å². The van der Waals surface area contributed by atoms with Gasteiger partial charge < -0.3 is 10.2 Å². The number of alkyl halides is 3. The van der Waals surface area contributed by atoms with Gasteiger partial charge in [0.25, 0.3) is 0 Å². The molecule has 8 nitrogen and oxygen atoms in total. The lowest BCUT2D eigenvalue weighted by Gasteiger charge is -2.41. The number of nitrogens with one attached hydrogen (secondary N) is 1. The Morgan fingerprint density at radius 2 is 1.64 bits per heavy atom. The molecule has 1 amide bonds. The van der Waals surface area contributed by atoms with E-state index in [1.807, 2.05) is 0 Å². The number of carbonyl (C=O) groups excluding carboxylic acids is 1. The van der Waals surface area contributed by atoms with E-state index in [2.05, 4.69) is 5.32 Å². The number of sulfonamides is 2. The topological polar surface area (TPSA) is 104 Å². The maximum absolute atomic E-state index is 13.4. The molecule has 0 aromatic heterocycles. The van der Waals surface area contributed by atoms with Crippen LogP contribution in [0.3, 0.4) is 0 Å². The number of likely N-dealkylation sites (N-methyl/N-ethyl adjacent to an activating group) is 1. The third-order valence-corrected chi connectivity index (χ3v) is 10.1. The normalized spacial score (nSPS) is 23.1. The molecule has 2 aliphatic rings. The number of carbonyl (C=O) groups is 1. The number of halogens is 4. The van der Waals surface area contributed by atoms with E-state index in [4.69, 9.17) is 0 Å². The maximum atomic E-state index is 13.4. The van der Waals surface area contributed by atoms with Crippen molar-refractivity contribution >= 4 is 44.0 Å². The van der Waals surface area contributed by atoms with Crippen molar-refractivity contribution in [2.75, 3.05) is 29.8 Å². The molecule has 1 N–H and O–H groups in total. The van der Waals surface area contributed by atoms with Crippen molar-refractivity contribution < 1.29 is 34.8 Å². The van der Waals surface area contributed by atoms with E-state index in [0.717, 1.165) is 57.2 Å². The average Bonchev–Trinajstić information content (AvgIpc) is 3.26. The largest absolute Gasteiger partial charge is 0.416 e. The second-order valence-electron chi connectivity index (χ2n) is 9.46. The Hall–Kier alpha value is -1.57. The van der Waals surface area contributed by atoms with Crippen LogP contribution in [0, 0.1) is 5.92 Å². The number of hydrogen-bond acceptors (Lipinski definition) is 6. The number of anilines is 1. The molecule has 36 heavy (non-hydrogen) atoms. The van der Waals surface area contributed by atoms with Gasteiger partial charge in [-0.1, -0.05) is 18.9 Å². The summed E-state index contributed by atoms with van der Waals surface area (Å²) in [5, 5.41) is 3.49. The molecule has 3 unspecified atom stereocenters. The highest BCUT2D eigenvalue weighted by atomic mass is 35.5. The molecule has 1 heterocycles. The predicted molar refractivity (Wildman–Crippen MR) is 134 cm³/mol. The van der Waals surface area contributed by atoms with E-state index < -0.39 is 49.8 Å². The van der Waals surface area contributed by atoms with E-state index >= 15 is 0 Å². The first-order valence-corrected chi connectivity index (χ1v) is 15.2. The van der Waals surface area contributed by atoms with Crippen LogP contribution in [-0.4, -0.2) is 65.8 Å². The lowest BCUT2D eigenvalue weighted by atomic mass is 9.78. The Balaban J connectivity index is 0.00000456. The SMILES string of the molecule is CN(C(=O)Cc1ccc(C(F)(F)F)cc1N(S(C)(=O)=O)S(C)(=O)=O)C1CCCCC1C1CCCN1.Cl. The standard InChI is InChI=1S/C22H32F3N3O5S2.ClH/c1-27(19-9-5-4-7-17(19)18-8-6-12-26-18)21(29)13-15-10-11-16(22(23,24)25)14-20(15)28(34(2,30)31)35(3,32)33;/h10-11,14,17-19,26H,4-9,12-13H2,1-3H3;1H. The van der Waals surface area contributed by atoms with Crippen LogP contribution in [0.1, 0.15) is 49.7 Å². The summed E-state index contributed by atoms with van der Waals surface area (Å²) >= 11 is 0. The van der Waals surface area contributed by atoms with Crippen molar-refractivity contribution in [1.82, 2.24) is 10.2 Å². The fourth-order valence-electron chi connectivity index (χ4n) is 5.30. The quantitative estimate of drug-likeness (QED) is 0.536. The summed E-state index contributed by atoms with van der Waals surface area (Å²) in [6.45, 7) is 0.924. The third-order valence-electron chi connectivity index (χ3n) is 6.84. The van der Waals surface area contributed by atoms with E-state index in [1.165, 1.54) is 0 Å².